The molecular weight excluding hydrogens is 368 g/mol. The van der Waals surface area contributed by atoms with E-state index in [1.54, 1.807) is 12.1 Å². The third kappa shape index (κ3) is 4.24. The zero-order valence-electron chi connectivity index (χ0n) is 12.5. The van der Waals surface area contributed by atoms with Crippen molar-refractivity contribution in [3.05, 3.63) is 45.1 Å². The molecule has 0 aliphatic rings. The van der Waals surface area contributed by atoms with E-state index in [0.29, 0.717) is 17.3 Å². The summed E-state index contributed by atoms with van der Waals surface area (Å²) in [7, 11) is 0. The van der Waals surface area contributed by atoms with E-state index in [9.17, 15) is 4.79 Å². The summed E-state index contributed by atoms with van der Waals surface area (Å²) in [4.78, 5) is 11.8. The largest absolute Gasteiger partial charge is 0.338 e. The quantitative estimate of drug-likeness (QED) is 0.760. The summed E-state index contributed by atoms with van der Waals surface area (Å²) < 4.78 is 2.98. The van der Waals surface area contributed by atoms with E-state index in [0.717, 1.165) is 28.8 Å². The molecule has 0 atom stereocenters. The van der Waals surface area contributed by atoms with E-state index in [2.05, 4.69) is 31.7 Å². The summed E-state index contributed by atoms with van der Waals surface area (Å²) in [6.45, 7) is 5.29. The average molecular weight is 386 g/mol. The molecular formula is C15H18BrClN4O. The molecule has 1 heterocycles. The van der Waals surface area contributed by atoms with Crippen LogP contribution in [-0.2, 0) is 6.54 Å². The molecule has 0 aliphatic heterocycles. The van der Waals surface area contributed by atoms with Crippen LogP contribution < -0.4 is 10.6 Å². The van der Waals surface area contributed by atoms with Crippen LogP contribution in [-0.4, -0.2) is 22.4 Å². The van der Waals surface area contributed by atoms with Gasteiger partial charge in [-0.05, 0) is 48.3 Å². The van der Waals surface area contributed by atoms with Crippen LogP contribution in [0.3, 0.4) is 0 Å². The minimum atomic E-state index is -0.261. The maximum atomic E-state index is 11.8. The van der Waals surface area contributed by atoms with Gasteiger partial charge in [-0.1, -0.05) is 23.7 Å². The molecule has 0 saturated heterocycles. The van der Waals surface area contributed by atoms with Gasteiger partial charge < -0.3 is 10.6 Å². The van der Waals surface area contributed by atoms with Crippen molar-refractivity contribution in [2.75, 3.05) is 11.9 Å². The van der Waals surface area contributed by atoms with Gasteiger partial charge in [0.05, 0.1) is 20.9 Å². The standard InChI is InChI=1S/C15H18BrClN4O/c1-10-14(16)11(2)21(20-10)9-5-8-18-15(22)19-13-7-4-3-6-12(13)17/h3-4,6-7H,5,8-9H2,1-2H3,(H2,18,19,22). The lowest BCUT2D eigenvalue weighted by molar-refractivity contribution is 0.251. The van der Waals surface area contributed by atoms with E-state index in [-0.39, 0.29) is 6.03 Å². The molecule has 22 heavy (non-hydrogen) atoms. The molecule has 0 radical (unpaired) electrons. The Morgan fingerprint density at radius 3 is 2.73 bits per heavy atom. The number of amides is 2. The number of carbonyl (C=O) groups excluding carboxylic acids is 1. The van der Waals surface area contributed by atoms with Crippen LogP contribution in [0.15, 0.2) is 28.7 Å². The molecule has 2 aromatic rings. The summed E-state index contributed by atoms with van der Waals surface area (Å²) in [6, 6.07) is 6.87. The molecule has 0 aliphatic carbocycles. The van der Waals surface area contributed by atoms with Crippen LogP contribution in [0.5, 0.6) is 0 Å². The number of nitrogens with one attached hydrogen (secondary N) is 2. The van der Waals surface area contributed by atoms with Gasteiger partial charge in [0.1, 0.15) is 0 Å². The van der Waals surface area contributed by atoms with Gasteiger partial charge in [-0.15, -0.1) is 0 Å². The van der Waals surface area contributed by atoms with Gasteiger partial charge in [0.25, 0.3) is 0 Å². The molecule has 118 valence electrons. The number of aryl methyl sites for hydroxylation is 2. The first-order valence-electron chi connectivity index (χ1n) is 6.98. The molecule has 7 heteroatoms. The number of hydrogen-bond acceptors (Lipinski definition) is 2. The number of benzene rings is 1. The molecule has 0 unspecified atom stereocenters. The third-order valence-corrected chi connectivity index (χ3v) is 4.72. The van der Waals surface area contributed by atoms with Crippen molar-refractivity contribution in [3.8, 4) is 0 Å². The van der Waals surface area contributed by atoms with Gasteiger partial charge in [-0.3, -0.25) is 4.68 Å². The highest BCUT2D eigenvalue weighted by atomic mass is 79.9. The van der Waals surface area contributed by atoms with Crippen molar-refractivity contribution in [1.29, 1.82) is 0 Å². The Bertz CT molecular complexity index is 672. The second-order valence-electron chi connectivity index (χ2n) is 4.92. The number of para-hydroxylation sites is 1. The summed E-state index contributed by atoms with van der Waals surface area (Å²) in [5, 5.41) is 10.5. The van der Waals surface area contributed by atoms with Gasteiger partial charge in [0.15, 0.2) is 0 Å². The van der Waals surface area contributed by atoms with Crippen LogP contribution in [0.4, 0.5) is 10.5 Å². The molecule has 0 bridgehead atoms. The highest BCUT2D eigenvalue weighted by Gasteiger charge is 2.08. The molecule has 2 N–H and O–H groups in total. The van der Waals surface area contributed by atoms with Gasteiger partial charge in [-0.25, -0.2) is 4.79 Å². The Balaban J connectivity index is 1.76. The van der Waals surface area contributed by atoms with Crippen LogP contribution in [0.1, 0.15) is 17.8 Å². The zero-order chi connectivity index (χ0) is 16.1. The molecule has 0 spiro atoms. The highest BCUT2D eigenvalue weighted by Crippen LogP contribution is 2.20. The first kappa shape index (κ1) is 16.8. The topological polar surface area (TPSA) is 59.0 Å². The monoisotopic (exact) mass is 384 g/mol. The lowest BCUT2D eigenvalue weighted by Gasteiger charge is -2.09. The molecule has 0 fully saturated rings. The van der Waals surface area contributed by atoms with Crippen LogP contribution >= 0.6 is 27.5 Å². The number of aromatic nitrogens is 2. The minimum Gasteiger partial charge on any atom is -0.338 e. The maximum Gasteiger partial charge on any atom is 0.319 e. The first-order chi connectivity index (χ1) is 10.5. The average Bonchev–Trinajstić information content (AvgIpc) is 2.73. The molecule has 2 amide bonds. The smallest absolute Gasteiger partial charge is 0.319 e. The predicted octanol–water partition coefficient (Wildman–Crippen LogP) is 4.13. The van der Waals surface area contributed by atoms with Crippen molar-refractivity contribution in [2.24, 2.45) is 0 Å². The minimum absolute atomic E-state index is 0.261. The van der Waals surface area contributed by atoms with E-state index in [1.165, 1.54) is 0 Å². The molecule has 2 rings (SSSR count). The second-order valence-corrected chi connectivity index (χ2v) is 6.12. The predicted molar refractivity (Wildman–Crippen MR) is 92.5 cm³/mol. The van der Waals surface area contributed by atoms with Gasteiger partial charge in [0.2, 0.25) is 0 Å². The third-order valence-electron chi connectivity index (χ3n) is 3.25. The lowest BCUT2D eigenvalue weighted by Crippen LogP contribution is -2.30. The molecule has 5 nitrogen and oxygen atoms in total. The number of carbonyl (C=O) groups is 1. The van der Waals surface area contributed by atoms with Crippen molar-refractivity contribution in [3.63, 3.8) is 0 Å². The fourth-order valence-corrected chi connectivity index (χ4v) is 2.52. The van der Waals surface area contributed by atoms with Crippen molar-refractivity contribution in [1.82, 2.24) is 15.1 Å². The maximum absolute atomic E-state index is 11.8. The number of nitrogens with zero attached hydrogens (tertiary/aromatic N) is 2. The zero-order valence-corrected chi connectivity index (χ0v) is 14.8. The first-order valence-corrected chi connectivity index (χ1v) is 8.15. The fraction of sp³-hybridized carbons (Fsp3) is 0.333. The summed E-state index contributed by atoms with van der Waals surface area (Å²) in [6.07, 6.45) is 0.796. The van der Waals surface area contributed by atoms with E-state index >= 15 is 0 Å². The van der Waals surface area contributed by atoms with Crippen LogP contribution in [0.25, 0.3) is 0 Å². The molecule has 0 saturated carbocycles. The highest BCUT2D eigenvalue weighted by molar-refractivity contribution is 9.10. The number of urea groups is 1. The van der Waals surface area contributed by atoms with E-state index < -0.39 is 0 Å². The summed E-state index contributed by atoms with van der Waals surface area (Å²) in [5.74, 6) is 0. The number of halogens is 2. The van der Waals surface area contributed by atoms with E-state index in [1.807, 2.05) is 30.7 Å². The molecule has 1 aromatic carbocycles. The van der Waals surface area contributed by atoms with E-state index in [4.69, 9.17) is 11.6 Å². The van der Waals surface area contributed by atoms with Crippen LogP contribution in [0, 0.1) is 13.8 Å². The fourth-order valence-electron chi connectivity index (χ4n) is 2.05. The van der Waals surface area contributed by atoms with Gasteiger partial charge >= 0.3 is 6.03 Å². The van der Waals surface area contributed by atoms with Crippen molar-refractivity contribution in [2.45, 2.75) is 26.8 Å². The summed E-state index contributed by atoms with van der Waals surface area (Å²) >= 11 is 9.49. The number of rotatable bonds is 5. The van der Waals surface area contributed by atoms with Gasteiger partial charge in [0, 0.05) is 18.8 Å². The molecule has 1 aromatic heterocycles. The van der Waals surface area contributed by atoms with Crippen molar-refractivity contribution >= 4 is 39.2 Å². The number of hydrogen-bond donors (Lipinski definition) is 2. The van der Waals surface area contributed by atoms with Crippen LogP contribution in [0.2, 0.25) is 5.02 Å². The number of anilines is 1. The summed E-state index contributed by atoms with van der Waals surface area (Å²) in [5.41, 5.74) is 2.67. The Labute approximate surface area is 143 Å². The SMILES string of the molecule is Cc1nn(CCCNC(=O)Nc2ccccc2Cl)c(C)c1Br. The normalized spacial score (nSPS) is 10.5. The second kappa shape index (κ2) is 7.65. The Morgan fingerprint density at radius 1 is 1.36 bits per heavy atom. The lowest BCUT2D eigenvalue weighted by atomic mass is 10.3. The Kier molecular flexibility index (Phi) is 5.85. The Hall–Kier alpha value is -1.53. The van der Waals surface area contributed by atoms with Crippen molar-refractivity contribution < 1.29 is 4.79 Å². The van der Waals surface area contributed by atoms with Gasteiger partial charge in [-0.2, -0.15) is 5.10 Å². The Morgan fingerprint density at radius 2 is 2.09 bits per heavy atom.